The summed E-state index contributed by atoms with van der Waals surface area (Å²) in [5.74, 6) is 0. The molecule has 0 fully saturated rings. The normalized spacial score (nSPS) is 0. The van der Waals surface area contributed by atoms with Crippen molar-refractivity contribution in [3.63, 3.8) is 0 Å². The molecule has 0 aliphatic rings. The van der Waals surface area contributed by atoms with Gasteiger partial charge in [-0.25, -0.2) is 0 Å². The Balaban J connectivity index is 0. The maximum absolute atomic E-state index is 0. The molecule has 0 amide bonds. The zero-order valence-electron chi connectivity index (χ0n) is 2.95. The zero-order chi connectivity index (χ0) is 0. The van der Waals surface area contributed by atoms with E-state index in [-0.39, 0.29) is 54.1 Å². The van der Waals surface area contributed by atoms with Crippen LogP contribution < -0.4 is 0 Å². The molecule has 0 atom stereocenters. The Morgan fingerprint density at radius 3 is 0.286 bits per heavy atom. The molecule has 0 aliphatic carbocycles. The molecule has 0 rings (SSSR count). The van der Waals surface area contributed by atoms with Crippen molar-refractivity contribution < 1.29 is 54.1 Å². The Hall–Kier alpha value is 0.450. The summed E-state index contributed by atoms with van der Waals surface area (Å²) in [5.41, 5.74) is 0. The molecule has 7 heavy (non-hydrogen) atoms. The van der Waals surface area contributed by atoms with Crippen LogP contribution in [-0.4, -0.2) is 0 Å². The van der Waals surface area contributed by atoms with Crippen LogP contribution in [0.1, 0.15) is 0 Å². The van der Waals surface area contributed by atoms with Gasteiger partial charge in [-0.05, 0) is 0 Å². The van der Waals surface area contributed by atoms with Crippen LogP contribution in [0.25, 0.3) is 0 Å². The van der Waals surface area contributed by atoms with Gasteiger partial charge >= 0.3 is 0 Å². The third kappa shape index (κ3) is 630. The molecule has 0 aliphatic heterocycles. The SMILES string of the molecule is F.F.F.F.F.F.[Hf]. The van der Waals surface area contributed by atoms with Gasteiger partial charge in [0.1, 0.15) is 0 Å². The molecule has 0 aromatic carbocycles. The van der Waals surface area contributed by atoms with Crippen molar-refractivity contribution in [3.8, 4) is 0 Å². The molecule has 52 valence electrons. The number of hydrogen-bond donors (Lipinski definition) is 0. The fourth-order valence-electron chi connectivity index (χ4n) is 0. The summed E-state index contributed by atoms with van der Waals surface area (Å²) in [4.78, 5) is 0. The van der Waals surface area contributed by atoms with Gasteiger partial charge in [0, 0.05) is 25.8 Å². The monoisotopic (exact) mass is 300 g/mol. The van der Waals surface area contributed by atoms with E-state index < -0.39 is 0 Å². The van der Waals surface area contributed by atoms with E-state index >= 15 is 0 Å². The van der Waals surface area contributed by atoms with Gasteiger partial charge in [0.05, 0.1) is 0 Å². The molecule has 0 aromatic heterocycles. The molecule has 0 bridgehead atoms. The summed E-state index contributed by atoms with van der Waals surface area (Å²) in [5, 5.41) is 0. The summed E-state index contributed by atoms with van der Waals surface area (Å²) >= 11 is 0. The molecule has 0 nitrogen and oxygen atoms in total. The van der Waals surface area contributed by atoms with E-state index in [9.17, 15) is 0 Å². The van der Waals surface area contributed by atoms with Crippen molar-refractivity contribution in [2.24, 2.45) is 0 Å². The number of hydrogen-bond acceptors (Lipinski definition) is 0. The summed E-state index contributed by atoms with van der Waals surface area (Å²) in [6, 6.07) is 0. The standard InChI is InChI=1S/6FH.Hf/h6*1H;. The van der Waals surface area contributed by atoms with Crippen LogP contribution in [0.5, 0.6) is 0 Å². The summed E-state index contributed by atoms with van der Waals surface area (Å²) in [6.45, 7) is 0. The Morgan fingerprint density at radius 2 is 0.286 bits per heavy atom. The van der Waals surface area contributed by atoms with E-state index in [0.717, 1.165) is 0 Å². The summed E-state index contributed by atoms with van der Waals surface area (Å²) in [6.07, 6.45) is 0. The van der Waals surface area contributed by atoms with Gasteiger partial charge in [-0.1, -0.05) is 0 Å². The van der Waals surface area contributed by atoms with Gasteiger partial charge in [0.25, 0.3) is 0 Å². The van der Waals surface area contributed by atoms with Crippen molar-refractivity contribution in [2.75, 3.05) is 0 Å². The molecule has 0 radical (unpaired) electrons. The topological polar surface area (TPSA) is 0 Å². The maximum atomic E-state index is 0. The van der Waals surface area contributed by atoms with Gasteiger partial charge in [-0.2, -0.15) is 0 Å². The fraction of sp³-hybridized carbons (Fsp3) is 0. The average Bonchev–Trinajstić information content (AvgIpc) is 0. The minimum absolute atomic E-state index is 0. The third-order valence-corrected chi connectivity index (χ3v) is 0. The summed E-state index contributed by atoms with van der Waals surface area (Å²) in [7, 11) is 0. The van der Waals surface area contributed by atoms with E-state index in [1.54, 1.807) is 0 Å². The van der Waals surface area contributed by atoms with Crippen LogP contribution in [-0.2, 0) is 25.8 Å². The van der Waals surface area contributed by atoms with Crippen molar-refractivity contribution in [1.82, 2.24) is 0 Å². The molecule has 7 heteroatoms. The van der Waals surface area contributed by atoms with Crippen LogP contribution in [0, 0.1) is 0 Å². The first-order valence-corrected chi connectivity index (χ1v) is 0. The Kier molecular flexibility index (Phi) is 207000. The first-order valence-electron chi connectivity index (χ1n) is 0. The Labute approximate surface area is 54.6 Å². The summed E-state index contributed by atoms with van der Waals surface area (Å²) < 4.78 is 0. The molecular weight excluding hydrogens is 292 g/mol. The van der Waals surface area contributed by atoms with Crippen molar-refractivity contribution in [2.45, 2.75) is 0 Å². The fourth-order valence-corrected chi connectivity index (χ4v) is 0. The van der Waals surface area contributed by atoms with Gasteiger partial charge in [-0.15, -0.1) is 0 Å². The number of rotatable bonds is 0. The first-order chi connectivity index (χ1) is 0. The average molecular weight is 299 g/mol. The second-order valence-electron chi connectivity index (χ2n) is 0. The van der Waals surface area contributed by atoms with E-state index in [1.807, 2.05) is 0 Å². The van der Waals surface area contributed by atoms with Crippen LogP contribution in [0.15, 0.2) is 0 Å². The molecule has 0 unspecified atom stereocenters. The van der Waals surface area contributed by atoms with Crippen molar-refractivity contribution in [3.05, 3.63) is 0 Å². The smallest absolute Gasteiger partial charge is 0 e. The van der Waals surface area contributed by atoms with Gasteiger partial charge < -0.3 is 0 Å². The van der Waals surface area contributed by atoms with Gasteiger partial charge in [0.15, 0.2) is 0 Å². The molecule has 0 aromatic rings. The Morgan fingerprint density at radius 1 is 0.286 bits per heavy atom. The molecule has 0 saturated carbocycles. The van der Waals surface area contributed by atoms with E-state index in [4.69, 9.17) is 0 Å². The van der Waals surface area contributed by atoms with Gasteiger partial charge in [-0.3, -0.25) is 28.2 Å². The van der Waals surface area contributed by atoms with Crippen LogP contribution in [0.4, 0.5) is 28.2 Å². The van der Waals surface area contributed by atoms with Crippen LogP contribution in [0.3, 0.4) is 0 Å². The molecule has 0 heterocycles. The maximum Gasteiger partial charge on any atom is 0 e. The second kappa shape index (κ2) is 946. The zero-order valence-corrected chi connectivity index (χ0v) is 6.54. The molecule has 0 spiro atoms. The second-order valence-corrected chi connectivity index (χ2v) is 0. The molecule has 0 saturated heterocycles. The van der Waals surface area contributed by atoms with Crippen LogP contribution >= 0.6 is 0 Å². The van der Waals surface area contributed by atoms with E-state index in [2.05, 4.69) is 0 Å². The number of halogens is 6. The van der Waals surface area contributed by atoms with Crippen molar-refractivity contribution >= 4 is 0 Å². The first kappa shape index (κ1) is 1530. The van der Waals surface area contributed by atoms with Crippen LogP contribution in [0.2, 0.25) is 0 Å². The predicted molar refractivity (Wildman–Crippen MR) is 15.0 cm³/mol. The van der Waals surface area contributed by atoms with E-state index in [1.165, 1.54) is 0 Å². The van der Waals surface area contributed by atoms with Crippen molar-refractivity contribution in [1.29, 1.82) is 0 Å². The quantitative estimate of drug-likeness (QED) is 0.461. The Bertz CT molecular complexity index is 4.14. The van der Waals surface area contributed by atoms with Gasteiger partial charge in [0.2, 0.25) is 0 Å². The predicted octanol–water partition coefficient (Wildman–Crippen LogP) is 0.912. The molecular formula is H6F6Hf. The molecule has 0 N–H and O–H groups in total. The largest absolute Gasteiger partial charge is 0.269 e. The third-order valence-electron chi connectivity index (χ3n) is 0. The minimum Gasteiger partial charge on any atom is -0.269 e. The van der Waals surface area contributed by atoms with E-state index in [0.29, 0.717) is 0 Å². The minimum atomic E-state index is 0.